The van der Waals surface area contributed by atoms with Crippen molar-refractivity contribution in [2.45, 2.75) is 25.6 Å². The van der Waals surface area contributed by atoms with Crippen molar-refractivity contribution in [1.29, 1.82) is 0 Å². The van der Waals surface area contributed by atoms with Crippen molar-refractivity contribution in [3.8, 4) is 5.75 Å². The van der Waals surface area contributed by atoms with Crippen molar-refractivity contribution in [3.05, 3.63) is 131 Å². The number of hydrogen-bond donors (Lipinski definition) is 1. The first kappa shape index (κ1) is 25.9. The van der Waals surface area contributed by atoms with Gasteiger partial charge in [-0.15, -0.1) is 0 Å². The van der Waals surface area contributed by atoms with Crippen LogP contribution in [0.5, 0.6) is 5.75 Å². The Kier molecular flexibility index (Phi) is 9.27. The maximum absolute atomic E-state index is 13.6. The smallest absolute Gasteiger partial charge is 0.261 e. The molecule has 0 radical (unpaired) electrons. The van der Waals surface area contributed by atoms with Crippen LogP contribution in [0.3, 0.4) is 0 Å². The molecular weight excluding hydrogens is 486 g/mol. The van der Waals surface area contributed by atoms with Crippen molar-refractivity contribution in [3.63, 3.8) is 0 Å². The number of halogens is 1. The molecule has 0 aliphatic carbocycles. The van der Waals surface area contributed by atoms with Crippen molar-refractivity contribution in [1.82, 2.24) is 15.2 Å². The molecule has 0 saturated carbocycles. The molecule has 188 valence electrons. The summed E-state index contributed by atoms with van der Waals surface area (Å²) in [6, 6.07) is 29.0. The molecule has 37 heavy (non-hydrogen) atoms. The lowest BCUT2D eigenvalue weighted by molar-refractivity contribution is -0.142. The van der Waals surface area contributed by atoms with Crippen molar-refractivity contribution in [2.24, 2.45) is 0 Å². The zero-order valence-corrected chi connectivity index (χ0v) is 21.1. The van der Waals surface area contributed by atoms with Gasteiger partial charge in [0.25, 0.3) is 5.91 Å². The Morgan fingerprint density at radius 3 is 2.14 bits per heavy atom. The maximum atomic E-state index is 13.6. The maximum Gasteiger partial charge on any atom is 0.261 e. The third-order valence-corrected chi connectivity index (χ3v) is 6.11. The molecule has 1 atom stereocenters. The lowest BCUT2D eigenvalue weighted by atomic mass is 10.0. The van der Waals surface area contributed by atoms with Gasteiger partial charge in [0.2, 0.25) is 5.91 Å². The lowest BCUT2D eigenvalue weighted by Crippen LogP contribution is -2.51. The molecule has 0 unspecified atom stereocenters. The molecule has 0 saturated heterocycles. The number of carbonyl (C=O) groups is 2. The number of nitrogens with zero attached hydrogens (tertiary/aromatic N) is 2. The van der Waals surface area contributed by atoms with Crippen LogP contribution in [0.15, 0.2) is 109 Å². The van der Waals surface area contributed by atoms with E-state index in [0.29, 0.717) is 23.7 Å². The summed E-state index contributed by atoms with van der Waals surface area (Å²) < 4.78 is 5.76. The van der Waals surface area contributed by atoms with E-state index in [9.17, 15) is 9.59 Å². The summed E-state index contributed by atoms with van der Waals surface area (Å²) in [7, 11) is 0. The first-order valence-electron chi connectivity index (χ1n) is 12.0. The van der Waals surface area contributed by atoms with E-state index in [-0.39, 0.29) is 25.0 Å². The number of para-hydroxylation sites is 1. The fraction of sp³-hybridized carbons (Fsp3) is 0.167. The van der Waals surface area contributed by atoms with Crippen LogP contribution < -0.4 is 10.1 Å². The number of ether oxygens (including phenoxy) is 1. The normalized spacial score (nSPS) is 11.4. The van der Waals surface area contributed by atoms with Gasteiger partial charge in [0.05, 0.1) is 0 Å². The highest BCUT2D eigenvalue weighted by atomic mass is 35.5. The molecule has 2 amide bonds. The highest BCUT2D eigenvalue weighted by molar-refractivity contribution is 6.30. The molecule has 0 bridgehead atoms. The highest BCUT2D eigenvalue weighted by Crippen LogP contribution is 2.18. The van der Waals surface area contributed by atoms with Crippen LogP contribution in [-0.4, -0.2) is 34.3 Å². The van der Waals surface area contributed by atoms with Crippen LogP contribution >= 0.6 is 11.6 Å². The third kappa shape index (κ3) is 7.92. The molecule has 1 aromatic heterocycles. The van der Waals surface area contributed by atoms with Crippen molar-refractivity contribution >= 4 is 23.4 Å². The largest absolute Gasteiger partial charge is 0.484 e. The Hall–Kier alpha value is -4.16. The Morgan fingerprint density at radius 1 is 0.811 bits per heavy atom. The van der Waals surface area contributed by atoms with Crippen molar-refractivity contribution in [2.75, 3.05) is 6.61 Å². The van der Waals surface area contributed by atoms with Crippen LogP contribution in [0.1, 0.15) is 16.7 Å². The van der Waals surface area contributed by atoms with Gasteiger partial charge in [0.15, 0.2) is 6.61 Å². The number of rotatable bonds is 11. The average molecular weight is 514 g/mol. The average Bonchev–Trinajstić information content (AvgIpc) is 2.95. The Morgan fingerprint density at radius 2 is 1.46 bits per heavy atom. The number of amides is 2. The van der Waals surface area contributed by atoms with Crippen molar-refractivity contribution < 1.29 is 14.3 Å². The monoisotopic (exact) mass is 513 g/mol. The number of benzene rings is 3. The predicted molar refractivity (Wildman–Crippen MR) is 144 cm³/mol. The van der Waals surface area contributed by atoms with Gasteiger partial charge in [-0.05, 0) is 53.1 Å². The Balaban J connectivity index is 1.60. The third-order valence-electron chi connectivity index (χ3n) is 5.86. The lowest BCUT2D eigenvalue weighted by Gasteiger charge is -2.31. The van der Waals surface area contributed by atoms with Gasteiger partial charge in [-0.25, -0.2) is 0 Å². The van der Waals surface area contributed by atoms with E-state index in [1.807, 2.05) is 72.8 Å². The van der Waals surface area contributed by atoms with E-state index in [1.165, 1.54) is 0 Å². The second kappa shape index (κ2) is 13.2. The first-order valence-corrected chi connectivity index (χ1v) is 12.4. The van der Waals surface area contributed by atoms with E-state index < -0.39 is 6.04 Å². The summed E-state index contributed by atoms with van der Waals surface area (Å²) in [6.45, 7) is 0.366. The first-order chi connectivity index (χ1) is 18.1. The van der Waals surface area contributed by atoms with E-state index in [1.54, 1.807) is 41.6 Å². The number of nitrogens with one attached hydrogen (secondary N) is 1. The molecule has 0 aliphatic heterocycles. The van der Waals surface area contributed by atoms with Crippen LogP contribution in [-0.2, 0) is 29.1 Å². The zero-order valence-electron chi connectivity index (χ0n) is 20.3. The molecule has 4 rings (SSSR count). The quantitative estimate of drug-likeness (QED) is 0.304. The van der Waals surface area contributed by atoms with Gasteiger partial charge < -0.3 is 15.0 Å². The molecule has 6 nitrogen and oxygen atoms in total. The second-order valence-corrected chi connectivity index (χ2v) is 8.97. The standard InChI is InChI=1S/C30H28ClN3O3/c31-26-13-11-25(12-14-26)21-34(29(35)22-37-27-9-5-2-6-10-27)28(19-23-7-3-1-4-8-23)30(36)33-20-24-15-17-32-18-16-24/h1-18,28H,19-22H2,(H,33,36)/t28-/m1/s1. The number of hydrogen-bond acceptors (Lipinski definition) is 4. The molecular formula is C30H28ClN3O3. The number of aromatic nitrogens is 1. The summed E-state index contributed by atoms with van der Waals surface area (Å²) in [5.41, 5.74) is 2.73. The molecule has 0 spiro atoms. The van der Waals surface area contributed by atoms with Gasteiger partial charge in [0.1, 0.15) is 11.8 Å². The Labute approximate surface area is 221 Å². The number of carbonyl (C=O) groups excluding carboxylic acids is 2. The molecule has 1 heterocycles. The van der Waals surface area contributed by atoms with Gasteiger partial charge in [0, 0.05) is 36.9 Å². The molecule has 0 fully saturated rings. The van der Waals surface area contributed by atoms with E-state index in [4.69, 9.17) is 16.3 Å². The molecule has 3 aromatic carbocycles. The fourth-order valence-corrected chi connectivity index (χ4v) is 4.02. The van der Waals surface area contributed by atoms with E-state index >= 15 is 0 Å². The summed E-state index contributed by atoms with van der Waals surface area (Å²) in [6.07, 6.45) is 3.72. The molecule has 1 N–H and O–H groups in total. The minimum atomic E-state index is -0.758. The minimum absolute atomic E-state index is 0.194. The van der Waals surface area contributed by atoms with Crippen LogP contribution in [0.25, 0.3) is 0 Å². The minimum Gasteiger partial charge on any atom is -0.484 e. The Bertz CT molecular complexity index is 1270. The summed E-state index contributed by atoms with van der Waals surface area (Å²) in [4.78, 5) is 32.8. The molecule has 0 aliphatic rings. The summed E-state index contributed by atoms with van der Waals surface area (Å²) in [5, 5.41) is 3.60. The number of pyridine rings is 1. The SMILES string of the molecule is O=C(NCc1ccncc1)[C@@H](Cc1ccccc1)N(Cc1ccc(Cl)cc1)C(=O)COc1ccccc1. The highest BCUT2D eigenvalue weighted by Gasteiger charge is 2.30. The summed E-state index contributed by atoms with van der Waals surface area (Å²) in [5.74, 6) is 0.0468. The summed E-state index contributed by atoms with van der Waals surface area (Å²) >= 11 is 6.08. The van der Waals surface area contributed by atoms with E-state index in [2.05, 4.69) is 10.3 Å². The predicted octanol–water partition coefficient (Wildman–Crippen LogP) is 5.07. The van der Waals surface area contributed by atoms with E-state index in [0.717, 1.165) is 16.7 Å². The van der Waals surface area contributed by atoms with Crippen LogP contribution in [0, 0.1) is 0 Å². The topological polar surface area (TPSA) is 71.5 Å². The van der Waals surface area contributed by atoms with Gasteiger partial charge in [-0.3, -0.25) is 14.6 Å². The van der Waals surface area contributed by atoms with Gasteiger partial charge >= 0.3 is 0 Å². The van der Waals surface area contributed by atoms with Gasteiger partial charge in [-0.1, -0.05) is 72.3 Å². The fourth-order valence-electron chi connectivity index (χ4n) is 3.89. The van der Waals surface area contributed by atoms with Crippen LogP contribution in [0.4, 0.5) is 0 Å². The molecule has 4 aromatic rings. The van der Waals surface area contributed by atoms with Crippen LogP contribution in [0.2, 0.25) is 5.02 Å². The zero-order chi connectivity index (χ0) is 25.9. The molecule has 7 heteroatoms. The second-order valence-electron chi connectivity index (χ2n) is 8.53. The van der Waals surface area contributed by atoms with Gasteiger partial charge in [-0.2, -0.15) is 0 Å².